The van der Waals surface area contributed by atoms with Crippen molar-refractivity contribution in [1.29, 1.82) is 0 Å². The predicted molar refractivity (Wildman–Crippen MR) is 174 cm³/mol. The third-order valence-electron chi connectivity index (χ3n) is 7.76. The van der Waals surface area contributed by atoms with E-state index in [1.807, 2.05) is 106 Å². The lowest BCUT2D eigenvalue weighted by Crippen LogP contribution is -2.45. The summed E-state index contributed by atoms with van der Waals surface area (Å²) in [6.45, 7) is 6.43. The highest BCUT2D eigenvalue weighted by atomic mass is 35.5. The molecule has 8 heteroatoms. The molecule has 1 aromatic heterocycles. The van der Waals surface area contributed by atoms with Crippen LogP contribution in [-0.4, -0.2) is 38.2 Å². The summed E-state index contributed by atoms with van der Waals surface area (Å²) in [5.74, 6) is -0.284. The number of ether oxygens (including phenoxy) is 1. The summed E-state index contributed by atoms with van der Waals surface area (Å²) >= 11 is 6.10. The summed E-state index contributed by atoms with van der Waals surface area (Å²) < 4.78 is 8.92. The van der Waals surface area contributed by atoms with Crippen LogP contribution in [0.3, 0.4) is 0 Å². The van der Waals surface area contributed by atoms with Crippen LogP contribution in [-0.2, 0) is 17.8 Å². The van der Waals surface area contributed by atoms with E-state index in [1.54, 1.807) is 27.8 Å². The number of carbonyl (C=O) groups is 2. The van der Waals surface area contributed by atoms with Crippen molar-refractivity contribution in [3.05, 3.63) is 141 Å². The first kappa shape index (κ1) is 30.8. The fraction of sp³-hybridized carbons (Fsp3) is 0.250. The Morgan fingerprint density at radius 2 is 1.45 bits per heavy atom. The van der Waals surface area contributed by atoms with Crippen molar-refractivity contribution < 1.29 is 14.3 Å². The van der Waals surface area contributed by atoms with Gasteiger partial charge < -0.3 is 9.64 Å². The molecule has 0 radical (unpaired) electrons. The lowest BCUT2D eigenvalue weighted by Gasteiger charge is -2.28. The molecular weight excluding hydrogens is 574 g/mol. The highest BCUT2D eigenvalue weighted by molar-refractivity contribution is 6.17. The number of nitrogens with zero attached hydrogens (tertiary/aromatic N) is 3. The van der Waals surface area contributed by atoms with Crippen molar-refractivity contribution in [2.45, 2.75) is 52.4 Å². The Hall–Kier alpha value is -4.62. The second-order valence-electron chi connectivity index (χ2n) is 11.0. The van der Waals surface area contributed by atoms with E-state index in [2.05, 4.69) is 0 Å². The molecular formula is C36H36ClN3O4. The molecule has 5 aromatic rings. The van der Waals surface area contributed by atoms with E-state index in [0.29, 0.717) is 24.4 Å². The number of halogens is 1. The first-order valence-electron chi connectivity index (χ1n) is 14.8. The average molecular weight is 610 g/mol. The molecule has 0 atom stereocenters. The summed E-state index contributed by atoms with van der Waals surface area (Å²) in [4.78, 5) is 43.8. The van der Waals surface area contributed by atoms with Crippen molar-refractivity contribution in [1.82, 2.24) is 14.3 Å². The highest BCUT2D eigenvalue weighted by Crippen LogP contribution is 2.29. The molecule has 44 heavy (non-hydrogen) atoms. The molecule has 7 nitrogen and oxygen atoms in total. The second kappa shape index (κ2) is 13.8. The quantitative estimate of drug-likeness (QED) is 0.121. The number of hydrogen-bond donors (Lipinski definition) is 0. The lowest BCUT2D eigenvalue weighted by molar-refractivity contribution is 0.0379. The molecule has 1 amide bonds. The van der Waals surface area contributed by atoms with E-state index in [9.17, 15) is 14.4 Å². The van der Waals surface area contributed by atoms with Crippen LogP contribution < -0.4 is 5.56 Å². The van der Waals surface area contributed by atoms with Gasteiger partial charge in [-0.25, -0.2) is 9.59 Å². The Labute approximate surface area is 262 Å². The van der Waals surface area contributed by atoms with E-state index in [0.717, 1.165) is 26.9 Å². The first-order chi connectivity index (χ1) is 21.3. The van der Waals surface area contributed by atoms with Gasteiger partial charge in [-0.15, -0.1) is 11.6 Å². The summed E-state index contributed by atoms with van der Waals surface area (Å²) in [5, 5.41) is 0.262. The molecule has 226 valence electrons. The maximum atomic E-state index is 14.2. The molecule has 0 saturated heterocycles. The Bertz CT molecular complexity index is 1770. The van der Waals surface area contributed by atoms with Crippen molar-refractivity contribution in [2.75, 3.05) is 5.88 Å². The molecule has 0 unspecified atom stereocenters. The zero-order valence-corrected chi connectivity index (χ0v) is 25.9. The number of carbonyl (C=O) groups excluding carboxylic acids is 2. The van der Waals surface area contributed by atoms with Crippen LogP contribution in [0.1, 0.15) is 59.0 Å². The van der Waals surface area contributed by atoms with Gasteiger partial charge in [-0.05, 0) is 61.6 Å². The molecule has 0 bridgehead atoms. The van der Waals surface area contributed by atoms with Crippen molar-refractivity contribution in [3.8, 4) is 0 Å². The molecule has 0 N–H and O–H groups in total. The van der Waals surface area contributed by atoms with Crippen LogP contribution >= 0.6 is 11.6 Å². The molecule has 0 aliphatic carbocycles. The monoisotopic (exact) mass is 609 g/mol. The number of alkyl halides is 1. The van der Waals surface area contributed by atoms with Gasteiger partial charge in [0.05, 0.1) is 16.5 Å². The summed E-state index contributed by atoms with van der Waals surface area (Å²) in [5.41, 5.74) is 3.73. The van der Waals surface area contributed by atoms with Crippen LogP contribution in [0, 0.1) is 6.92 Å². The van der Waals surface area contributed by atoms with Crippen molar-refractivity contribution in [3.63, 3.8) is 0 Å². The summed E-state index contributed by atoms with van der Waals surface area (Å²) in [6.07, 6.45) is -0.185. The molecule has 0 saturated carbocycles. The van der Waals surface area contributed by atoms with E-state index < -0.39 is 23.7 Å². The third kappa shape index (κ3) is 6.33. The van der Waals surface area contributed by atoms with Crippen LogP contribution in [0.5, 0.6) is 0 Å². The second-order valence-corrected chi connectivity index (χ2v) is 11.4. The molecule has 0 aliphatic heterocycles. The van der Waals surface area contributed by atoms with Gasteiger partial charge in [-0.1, -0.05) is 91.0 Å². The molecule has 0 aliphatic rings. The Morgan fingerprint density at radius 1 is 0.841 bits per heavy atom. The minimum atomic E-state index is -0.669. The van der Waals surface area contributed by atoms with E-state index in [-0.39, 0.29) is 23.5 Å². The minimum Gasteiger partial charge on any atom is -0.449 e. The summed E-state index contributed by atoms with van der Waals surface area (Å²) in [7, 11) is 0. The van der Waals surface area contributed by atoms with Crippen molar-refractivity contribution >= 4 is 34.5 Å². The molecule has 5 rings (SSSR count). The van der Waals surface area contributed by atoms with Gasteiger partial charge >= 0.3 is 12.0 Å². The van der Waals surface area contributed by atoms with Crippen LogP contribution in [0.4, 0.5) is 4.79 Å². The Morgan fingerprint density at radius 3 is 2.05 bits per heavy atom. The van der Waals surface area contributed by atoms with Gasteiger partial charge in [0.25, 0.3) is 5.56 Å². The Balaban J connectivity index is 1.61. The highest BCUT2D eigenvalue weighted by Gasteiger charge is 2.29. The number of esters is 1. The van der Waals surface area contributed by atoms with Crippen LogP contribution in [0.15, 0.2) is 108 Å². The number of aryl methyl sites for hydroxylation is 2. The van der Waals surface area contributed by atoms with Gasteiger partial charge in [-0.2, -0.15) is 4.68 Å². The lowest BCUT2D eigenvalue weighted by atomic mass is 10.0. The zero-order chi connectivity index (χ0) is 31.2. The molecule has 0 fully saturated rings. The number of benzene rings is 4. The van der Waals surface area contributed by atoms with Gasteiger partial charge in [0.2, 0.25) is 0 Å². The number of aromatic nitrogens is 2. The standard InChI is InChI=1S/C36H36ClN3O4/c1-25(2)38(24-29-19-11-10-14-26(29)3)36(43)40-34(41)30-20-12-21-31(32(30)39(40)23-13-22-37)35(42)44-33(27-15-6-4-7-16-27)28-17-8-5-9-18-28/h4-12,14-21,25,33H,13,22-24H2,1-3H3. The molecule has 0 spiro atoms. The average Bonchev–Trinajstić information content (AvgIpc) is 3.33. The first-order valence-corrected chi connectivity index (χ1v) is 15.3. The Kier molecular flexibility index (Phi) is 9.65. The fourth-order valence-corrected chi connectivity index (χ4v) is 5.53. The zero-order valence-electron chi connectivity index (χ0n) is 25.2. The summed E-state index contributed by atoms with van der Waals surface area (Å²) in [6, 6.07) is 31.2. The van der Waals surface area contributed by atoms with Gasteiger partial charge in [0.15, 0.2) is 6.10 Å². The van der Waals surface area contributed by atoms with E-state index in [4.69, 9.17) is 16.3 Å². The van der Waals surface area contributed by atoms with Crippen LogP contribution in [0.2, 0.25) is 0 Å². The maximum absolute atomic E-state index is 14.2. The fourth-order valence-electron chi connectivity index (χ4n) is 5.41. The molecule has 4 aromatic carbocycles. The topological polar surface area (TPSA) is 73.5 Å². The molecule has 1 heterocycles. The number of rotatable bonds is 10. The number of fused-ring (bicyclic) bond motifs is 1. The van der Waals surface area contributed by atoms with Gasteiger partial charge in [0, 0.05) is 25.0 Å². The largest absolute Gasteiger partial charge is 0.449 e. The van der Waals surface area contributed by atoms with Crippen LogP contribution in [0.25, 0.3) is 10.9 Å². The number of amides is 1. The van der Waals surface area contributed by atoms with E-state index in [1.165, 1.54) is 0 Å². The van der Waals surface area contributed by atoms with Gasteiger partial charge in [0.1, 0.15) is 0 Å². The smallest absolute Gasteiger partial charge is 0.346 e. The van der Waals surface area contributed by atoms with Crippen molar-refractivity contribution in [2.24, 2.45) is 0 Å². The number of para-hydroxylation sites is 1. The van der Waals surface area contributed by atoms with Gasteiger partial charge in [-0.3, -0.25) is 9.48 Å². The SMILES string of the molecule is Cc1ccccc1CN(C(=O)n1c(=O)c2cccc(C(=O)OC(c3ccccc3)c3ccccc3)c2n1CCCCl)C(C)C. The normalized spacial score (nSPS) is 11.3. The third-order valence-corrected chi connectivity index (χ3v) is 8.03. The predicted octanol–water partition coefficient (Wildman–Crippen LogP) is 7.57. The minimum absolute atomic E-state index is 0.199. The van der Waals surface area contributed by atoms with E-state index >= 15 is 0 Å². The maximum Gasteiger partial charge on any atom is 0.346 e. The number of hydrogen-bond acceptors (Lipinski definition) is 4.